The summed E-state index contributed by atoms with van der Waals surface area (Å²) >= 11 is 0. The van der Waals surface area contributed by atoms with E-state index >= 15 is 0 Å². The third-order valence-electron chi connectivity index (χ3n) is 0.643. The van der Waals surface area contributed by atoms with Crippen molar-refractivity contribution in [2.45, 2.75) is 19.5 Å². The first-order valence-electron chi connectivity index (χ1n) is 2.58. The average Bonchev–Trinajstić information content (AvgIpc) is 1.84. The lowest BCUT2D eigenvalue weighted by Gasteiger charge is -1.93. The van der Waals surface area contributed by atoms with Crippen molar-refractivity contribution in [3.05, 3.63) is 0 Å². The van der Waals surface area contributed by atoms with E-state index in [4.69, 9.17) is 1.41 Å². The molecular formula is C4H8FNO. The van der Waals surface area contributed by atoms with Crippen LogP contribution in [0.25, 0.3) is 0 Å². The van der Waals surface area contributed by atoms with E-state index in [9.17, 15) is 9.18 Å². The van der Waals surface area contributed by atoms with E-state index in [0.29, 0.717) is 0 Å². The summed E-state index contributed by atoms with van der Waals surface area (Å²) in [6, 6.07) is 0. The van der Waals surface area contributed by atoms with Gasteiger partial charge in [0.2, 0.25) is 0 Å². The number of carbonyl (C=O) groups is 1. The van der Waals surface area contributed by atoms with E-state index < -0.39 is 12.1 Å². The van der Waals surface area contributed by atoms with Crippen LogP contribution in [0.5, 0.6) is 0 Å². The minimum absolute atomic E-state index is 0.130. The van der Waals surface area contributed by atoms with E-state index in [1.165, 1.54) is 5.73 Å². The number of primary amides is 1. The second-order valence-electron chi connectivity index (χ2n) is 1.24. The molecule has 1 unspecified atom stereocenters. The lowest BCUT2D eigenvalue weighted by molar-refractivity contribution is -0.122. The highest BCUT2D eigenvalue weighted by atomic mass is 19.1. The molecule has 0 aromatic heterocycles. The standard InChI is InChI=1S/C4H8FNO/c1-2-3(5)4(6)7/h3H,2H2,1H3,(H2,6,7)/i/hD. The summed E-state index contributed by atoms with van der Waals surface area (Å²) in [5, 5.41) is 0. The highest BCUT2D eigenvalue weighted by Crippen LogP contribution is 1.92. The Morgan fingerprint density at radius 1 is 2.29 bits per heavy atom. The summed E-state index contributed by atoms with van der Waals surface area (Å²) in [4.78, 5) is 10.1. The van der Waals surface area contributed by atoms with Crippen LogP contribution >= 0.6 is 0 Å². The molecule has 2 N–H and O–H groups in total. The smallest absolute Gasteiger partial charge is 0.251 e. The van der Waals surface area contributed by atoms with Crippen LogP contribution in [0.4, 0.5) is 4.39 Å². The number of alkyl halides is 1. The molecule has 0 spiro atoms. The Hall–Kier alpha value is -0.600. The lowest BCUT2D eigenvalue weighted by atomic mass is 10.3. The van der Waals surface area contributed by atoms with E-state index in [1.807, 2.05) is 0 Å². The van der Waals surface area contributed by atoms with Crippen LogP contribution in [0, 0.1) is 0 Å². The number of carbonyl (C=O) groups excluding carboxylic acids is 1. The number of hydrogen-bond donors (Lipinski definition) is 1. The van der Waals surface area contributed by atoms with Gasteiger partial charge in [-0.15, -0.1) is 0 Å². The minimum Gasteiger partial charge on any atom is -0.367 e. The molecule has 3 heteroatoms. The summed E-state index contributed by atoms with van der Waals surface area (Å²) in [5.41, 5.74) is 1.45. The van der Waals surface area contributed by atoms with Crippen LogP contribution in [0.3, 0.4) is 0 Å². The molecule has 0 heterocycles. The molecule has 0 aromatic carbocycles. The zero-order valence-electron chi connectivity index (χ0n) is 5.07. The molecule has 0 radical (unpaired) electrons. The highest BCUT2D eigenvalue weighted by molar-refractivity contribution is 5.78. The molecule has 0 saturated heterocycles. The summed E-state index contributed by atoms with van der Waals surface area (Å²) in [6.07, 6.45) is -1.39. The molecule has 42 valence electrons. The number of nitrogens with two attached hydrogens (primary N) is 1. The van der Waals surface area contributed by atoms with Gasteiger partial charge in [0.25, 0.3) is 5.91 Å². The second-order valence-corrected chi connectivity index (χ2v) is 1.24. The van der Waals surface area contributed by atoms with Gasteiger partial charge < -0.3 is 5.73 Å². The number of hydrogen-bond acceptors (Lipinski definition) is 1. The largest absolute Gasteiger partial charge is 0.367 e. The van der Waals surface area contributed by atoms with Crippen molar-refractivity contribution < 1.29 is 10.6 Å². The first kappa shape index (κ1) is 4.56. The van der Waals surface area contributed by atoms with Gasteiger partial charge in [0, 0.05) is 0 Å². The van der Waals surface area contributed by atoms with Crippen LogP contribution in [0.2, 0.25) is 1.41 Å². The summed E-state index contributed by atoms with van der Waals surface area (Å²) in [6.45, 7) is 1.54. The van der Waals surface area contributed by atoms with E-state index in [1.54, 1.807) is 6.92 Å². The molecule has 1 amide bonds. The van der Waals surface area contributed by atoms with Gasteiger partial charge in [-0.1, -0.05) is 6.92 Å². The van der Waals surface area contributed by atoms with Gasteiger partial charge >= 0.3 is 0 Å². The Bertz CT molecular complexity index is 88.1. The summed E-state index contributed by atoms with van der Waals surface area (Å²) < 4.78 is 18.2. The van der Waals surface area contributed by atoms with Crippen molar-refractivity contribution >= 4 is 5.91 Å². The molecule has 1 atom stereocenters. The van der Waals surface area contributed by atoms with Crippen molar-refractivity contribution in [2.75, 3.05) is 0 Å². The Kier molecular flexibility index (Phi) is 1.66. The van der Waals surface area contributed by atoms with Crippen LogP contribution < -0.4 is 5.73 Å². The third-order valence-corrected chi connectivity index (χ3v) is 0.643. The lowest BCUT2D eigenvalue weighted by Crippen LogP contribution is -2.23. The highest BCUT2D eigenvalue weighted by Gasteiger charge is 2.07. The summed E-state index contributed by atoms with van der Waals surface area (Å²) in [7, 11) is 0. The quantitative estimate of drug-likeness (QED) is 0.537. The topological polar surface area (TPSA) is 43.1 Å². The zero-order valence-corrected chi connectivity index (χ0v) is 4.07. The fourth-order valence-electron chi connectivity index (χ4n) is 0.185. The Morgan fingerprint density at radius 3 is 3.00 bits per heavy atom. The van der Waals surface area contributed by atoms with E-state index in [-0.39, 0.29) is 6.42 Å². The predicted molar refractivity (Wildman–Crippen MR) is 24.4 cm³/mol. The fraction of sp³-hybridized carbons (Fsp3) is 0.750. The Morgan fingerprint density at radius 2 is 2.86 bits per heavy atom. The van der Waals surface area contributed by atoms with Crippen LogP contribution in [0.15, 0.2) is 0 Å². The normalized spacial score (nSPS) is 14.9. The molecular weight excluding hydrogens is 97.0 g/mol. The zero-order chi connectivity index (χ0) is 6.57. The van der Waals surface area contributed by atoms with E-state index in [0.717, 1.165) is 0 Å². The molecule has 0 aliphatic carbocycles. The monoisotopic (exact) mass is 106 g/mol. The van der Waals surface area contributed by atoms with Crippen LogP contribution in [-0.2, 0) is 4.79 Å². The minimum atomic E-state index is -1.52. The van der Waals surface area contributed by atoms with Gasteiger partial charge in [-0.2, -0.15) is 0 Å². The van der Waals surface area contributed by atoms with Gasteiger partial charge in [-0.05, 0) is 6.42 Å². The average molecular weight is 106 g/mol. The third kappa shape index (κ3) is 2.14. The van der Waals surface area contributed by atoms with Gasteiger partial charge in [-0.3, -0.25) is 4.79 Å². The number of rotatable bonds is 2. The van der Waals surface area contributed by atoms with Crippen molar-refractivity contribution in [2.24, 2.45) is 5.73 Å². The van der Waals surface area contributed by atoms with E-state index in [2.05, 4.69) is 0 Å². The van der Waals surface area contributed by atoms with Crippen LogP contribution in [-0.4, -0.2) is 12.1 Å². The SMILES string of the molecule is [2H]NC(=O)C(F)CC. The molecule has 0 fully saturated rings. The Balaban J connectivity index is 3.46. The number of amides is 1. The van der Waals surface area contributed by atoms with Crippen molar-refractivity contribution in [1.29, 1.82) is 0 Å². The molecule has 2 nitrogen and oxygen atoms in total. The molecule has 7 heavy (non-hydrogen) atoms. The molecule has 0 bridgehead atoms. The van der Waals surface area contributed by atoms with Gasteiger partial charge in [0.15, 0.2) is 7.58 Å². The molecule has 0 aliphatic rings. The molecule has 0 rings (SSSR count). The summed E-state index contributed by atoms with van der Waals surface area (Å²) in [5.74, 6) is -0.868. The van der Waals surface area contributed by atoms with Crippen molar-refractivity contribution in [1.82, 2.24) is 0 Å². The Labute approximate surface area is 43.0 Å². The second kappa shape index (κ2) is 2.55. The fourth-order valence-corrected chi connectivity index (χ4v) is 0.185. The predicted octanol–water partition coefficient (Wildman–Crippen LogP) is 0.220. The maximum absolute atomic E-state index is 12.0. The van der Waals surface area contributed by atoms with Crippen LogP contribution in [0.1, 0.15) is 13.3 Å². The van der Waals surface area contributed by atoms with Crippen molar-refractivity contribution in [3.63, 3.8) is 0 Å². The molecule has 0 aliphatic heterocycles. The first-order chi connectivity index (χ1) is 3.72. The van der Waals surface area contributed by atoms with Crippen molar-refractivity contribution in [3.8, 4) is 0 Å². The maximum Gasteiger partial charge on any atom is 0.251 e. The van der Waals surface area contributed by atoms with Gasteiger partial charge in [-0.25, -0.2) is 4.39 Å². The number of halogens is 1. The first-order valence-corrected chi connectivity index (χ1v) is 2.08. The van der Waals surface area contributed by atoms with Gasteiger partial charge in [0.1, 0.15) is 0 Å². The maximum atomic E-state index is 12.0. The molecule has 0 aromatic rings. The molecule has 0 saturated carbocycles. The van der Waals surface area contributed by atoms with Gasteiger partial charge in [0.05, 0.1) is 0 Å².